The summed E-state index contributed by atoms with van der Waals surface area (Å²) in [6.07, 6.45) is 6.62. The average Bonchev–Trinajstić information content (AvgIpc) is 3.62. The lowest BCUT2D eigenvalue weighted by atomic mass is 9.99. The lowest BCUT2D eigenvalue weighted by Gasteiger charge is -2.32. The van der Waals surface area contributed by atoms with Gasteiger partial charge >= 0.3 is 0 Å². The Morgan fingerprint density at radius 1 is 1.14 bits per heavy atom. The van der Waals surface area contributed by atoms with E-state index >= 15 is 0 Å². The number of nitrogens with zero attached hydrogens (tertiary/aromatic N) is 3. The fraction of sp³-hybridized carbons (Fsp3) is 0.682. The Morgan fingerprint density at radius 2 is 1.86 bits per heavy atom. The molecule has 0 radical (unpaired) electrons. The van der Waals surface area contributed by atoms with Crippen LogP contribution in [0.1, 0.15) is 36.8 Å². The molecule has 2 saturated carbocycles. The van der Waals surface area contributed by atoms with Crippen LogP contribution in [0.2, 0.25) is 0 Å². The van der Waals surface area contributed by atoms with Crippen LogP contribution in [0.3, 0.4) is 0 Å². The van der Waals surface area contributed by atoms with Gasteiger partial charge in [0.2, 0.25) is 0 Å². The number of hydrogen-bond acceptors (Lipinski definition) is 4. The minimum absolute atomic E-state index is 0.797. The van der Waals surface area contributed by atoms with E-state index in [1.165, 1.54) is 43.4 Å². The molecule has 0 atom stereocenters. The molecule has 154 valence electrons. The third-order valence-corrected chi connectivity index (χ3v) is 6.16. The number of ether oxygens (including phenoxy) is 2. The molecule has 0 spiro atoms. The molecule has 0 bridgehead atoms. The van der Waals surface area contributed by atoms with Gasteiger partial charge in [-0.3, -0.25) is 9.89 Å². The molecule has 0 aromatic heterocycles. The molecule has 2 fully saturated rings. The minimum atomic E-state index is 0.797. The molecule has 1 aromatic rings. The van der Waals surface area contributed by atoms with Gasteiger partial charge in [-0.1, -0.05) is 0 Å². The number of nitrogens with one attached hydrogen (secondary N) is 1. The Labute approximate surface area is 168 Å². The lowest BCUT2D eigenvalue weighted by molar-refractivity contribution is 0.254. The number of fused-ring (bicyclic) bond motifs is 1. The quantitative estimate of drug-likeness (QED) is 0.550. The zero-order valence-corrected chi connectivity index (χ0v) is 17.5. The Bertz CT molecular complexity index is 713. The fourth-order valence-electron chi connectivity index (χ4n) is 4.20. The molecule has 3 aliphatic rings. The van der Waals surface area contributed by atoms with Crippen LogP contribution >= 0.6 is 0 Å². The lowest BCUT2D eigenvalue weighted by Crippen LogP contribution is -2.46. The van der Waals surface area contributed by atoms with E-state index in [0.29, 0.717) is 0 Å². The summed E-state index contributed by atoms with van der Waals surface area (Å²) in [4.78, 5) is 9.59. The smallest absolute Gasteiger partial charge is 0.194 e. The summed E-state index contributed by atoms with van der Waals surface area (Å²) in [7, 11) is 5.27. The van der Waals surface area contributed by atoms with Crippen LogP contribution in [0.25, 0.3) is 0 Å². The zero-order chi connectivity index (χ0) is 19.5. The van der Waals surface area contributed by atoms with E-state index in [1.807, 2.05) is 7.05 Å². The van der Waals surface area contributed by atoms with Crippen molar-refractivity contribution in [2.45, 2.75) is 44.7 Å². The van der Waals surface area contributed by atoms with Gasteiger partial charge in [0.1, 0.15) is 0 Å². The van der Waals surface area contributed by atoms with Gasteiger partial charge in [-0.2, -0.15) is 0 Å². The molecule has 0 amide bonds. The second-order valence-corrected chi connectivity index (χ2v) is 8.29. The SMILES string of the molecule is CN=C(NCCN(CC1CC1)C1CC1)N1CCc2cc(OC)c(OC)cc2C1. The maximum absolute atomic E-state index is 5.49. The molecule has 1 aromatic carbocycles. The molecule has 28 heavy (non-hydrogen) atoms. The number of hydrogen-bond donors (Lipinski definition) is 1. The van der Waals surface area contributed by atoms with Gasteiger partial charge in [-0.15, -0.1) is 0 Å². The van der Waals surface area contributed by atoms with Crippen molar-refractivity contribution < 1.29 is 9.47 Å². The summed E-state index contributed by atoms with van der Waals surface area (Å²) < 4.78 is 10.9. The summed E-state index contributed by atoms with van der Waals surface area (Å²) in [5.41, 5.74) is 2.63. The van der Waals surface area contributed by atoms with Crippen molar-refractivity contribution in [3.63, 3.8) is 0 Å². The van der Waals surface area contributed by atoms with Gasteiger partial charge in [0.05, 0.1) is 14.2 Å². The van der Waals surface area contributed by atoms with Gasteiger partial charge in [-0.25, -0.2) is 0 Å². The Hall–Kier alpha value is -1.95. The molecule has 1 aliphatic heterocycles. The van der Waals surface area contributed by atoms with E-state index in [2.05, 4.69) is 32.2 Å². The van der Waals surface area contributed by atoms with Crippen molar-refractivity contribution in [2.75, 3.05) is 47.4 Å². The molecular weight excluding hydrogens is 352 g/mol. The van der Waals surface area contributed by atoms with E-state index in [1.54, 1.807) is 14.2 Å². The molecule has 1 heterocycles. The van der Waals surface area contributed by atoms with Crippen LogP contribution in [0.4, 0.5) is 0 Å². The largest absolute Gasteiger partial charge is 0.493 e. The third-order valence-electron chi connectivity index (χ3n) is 6.16. The number of benzene rings is 1. The number of guanidine groups is 1. The summed E-state index contributed by atoms with van der Waals surface area (Å²) in [5.74, 6) is 3.58. The zero-order valence-electron chi connectivity index (χ0n) is 17.5. The average molecular weight is 387 g/mol. The standard InChI is InChI=1S/C22H34N4O2/c1-23-22(24-9-11-25(19-6-7-19)14-16-4-5-16)26-10-8-17-12-20(27-2)21(28-3)13-18(17)15-26/h12-13,16,19H,4-11,14-15H2,1-3H3,(H,23,24). The first-order valence-electron chi connectivity index (χ1n) is 10.6. The minimum Gasteiger partial charge on any atom is -0.493 e. The summed E-state index contributed by atoms with van der Waals surface area (Å²) in [5, 5.41) is 3.61. The molecule has 4 rings (SSSR count). The monoisotopic (exact) mass is 386 g/mol. The number of rotatable bonds is 8. The second-order valence-electron chi connectivity index (χ2n) is 8.29. The highest BCUT2D eigenvalue weighted by Gasteiger charge is 2.33. The van der Waals surface area contributed by atoms with E-state index in [0.717, 1.165) is 62.0 Å². The van der Waals surface area contributed by atoms with Crippen LogP contribution in [0.5, 0.6) is 11.5 Å². The molecule has 6 nitrogen and oxygen atoms in total. The summed E-state index contributed by atoms with van der Waals surface area (Å²) in [6.45, 7) is 5.20. The van der Waals surface area contributed by atoms with Crippen LogP contribution in [-0.4, -0.2) is 69.2 Å². The van der Waals surface area contributed by atoms with Gasteiger partial charge < -0.3 is 19.7 Å². The van der Waals surface area contributed by atoms with Gasteiger partial charge in [0.15, 0.2) is 17.5 Å². The molecular formula is C22H34N4O2. The number of aliphatic imine (C=N–C) groups is 1. The normalized spacial score (nSPS) is 19.6. The molecule has 2 aliphatic carbocycles. The molecule has 0 unspecified atom stereocenters. The predicted molar refractivity (Wildman–Crippen MR) is 112 cm³/mol. The summed E-state index contributed by atoms with van der Waals surface area (Å²) >= 11 is 0. The predicted octanol–water partition coefficient (Wildman–Crippen LogP) is 2.51. The Balaban J connectivity index is 1.34. The van der Waals surface area contributed by atoms with Crippen LogP contribution in [0, 0.1) is 5.92 Å². The molecule has 6 heteroatoms. The van der Waals surface area contributed by atoms with Gasteiger partial charge in [0.25, 0.3) is 0 Å². The fourth-order valence-corrected chi connectivity index (χ4v) is 4.20. The van der Waals surface area contributed by atoms with Gasteiger partial charge in [0, 0.05) is 45.8 Å². The van der Waals surface area contributed by atoms with Crippen molar-refractivity contribution in [3.05, 3.63) is 23.3 Å². The highest BCUT2D eigenvalue weighted by Crippen LogP contribution is 2.35. The summed E-state index contributed by atoms with van der Waals surface area (Å²) in [6, 6.07) is 5.07. The Kier molecular flexibility index (Phi) is 5.95. The number of methoxy groups -OCH3 is 2. The first-order valence-corrected chi connectivity index (χ1v) is 10.6. The third kappa shape index (κ3) is 4.54. The first kappa shape index (κ1) is 19.4. The van der Waals surface area contributed by atoms with E-state index in [9.17, 15) is 0 Å². The molecule has 0 saturated heterocycles. The van der Waals surface area contributed by atoms with Crippen molar-refractivity contribution in [1.29, 1.82) is 0 Å². The van der Waals surface area contributed by atoms with E-state index in [-0.39, 0.29) is 0 Å². The van der Waals surface area contributed by atoms with Gasteiger partial charge in [-0.05, 0) is 61.3 Å². The molecule has 1 N–H and O–H groups in total. The van der Waals surface area contributed by atoms with Crippen molar-refractivity contribution in [3.8, 4) is 11.5 Å². The van der Waals surface area contributed by atoms with E-state index < -0.39 is 0 Å². The van der Waals surface area contributed by atoms with Crippen LogP contribution < -0.4 is 14.8 Å². The first-order chi connectivity index (χ1) is 13.7. The van der Waals surface area contributed by atoms with Crippen molar-refractivity contribution in [2.24, 2.45) is 10.9 Å². The van der Waals surface area contributed by atoms with Crippen molar-refractivity contribution >= 4 is 5.96 Å². The maximum atomic E-state index is 5.49. The van der Waals surface area contributed by atoms with Crippen LogP contribution in [-0.2, 0) is 13.0 Å². The highest BCUT2D eigenvalue weighted by molar-refractivity contribution is 5.80. The highest BCUT2D eigenvalue weighted by atomic mass is 16.5. The van der Waals surface area contributed by atoms with Crippen LogP contribution in [0.15, 0.2) is 17.1 Å². The Morgan fingerprint density at radius 3 is 2.46 bits per heavy atom. The van der Waals surface area contributed by atoms with E-state index in [4.69, 9.17) is 9.47 Å². The maximum Gasteiger partial charge on any atom is 0.194 e. The van der Waals surface area contributed by atoms with Crippen molar-refractivity contribution in [1.82, 2.24) is 15.1 Å². The topological polar surface area (TPSA) is 49.3 Å². The second kappa shape index (κ2) is 8.60.